The van der Waals surface area contributed by atoms with E-state index in [1.165, 1.54) is 25.7 Å². The molecule has 0 aromatic heterocycles. The standard InChI is InChI=1S/C40H64O10/c1-5-7-8-9-12-17-27-45-34-22-23-36(35(32-34)40(44)50-31-21-16-15-20-30-49-39(43)33(3)4)46-28-18-13-10-11-14-19-29-48-38(42)25-24-37(41)47-26-6-2/h22-23,32H,3,5-21,24-31H2,1-2,4H3. The van der Waals surface area contributed by atoms with Crippen LogP contribution in [0.5, 0.6) is 11.5 Å². The predicted octanol–water partition coefficient (Wildman–Crippen LogP) is 9.26. The number of benzene rings is 1. The monoisotopic (exact) mass is 704 g/mol. The van der Waals surface area contributed by atoms with Gasteiger partial charge in [0.1, 0.15) is 17.1 Å². The highest BCUT2D eigenvalue weighted by Crippen LogP contribution is 2.26. The fourth-order valence-corrected chi connectivity index (χ4v) is 4.89. The third kappa shape index (κ3) is 23.7. The number of ether oxygens (including phenoxy) is 6. The molecule has 1 aromatic carbocycles. The van der Waals surface area contributed by atoms with Gasteiger partial charge in [0.25, 0.3) is 0 Å². The highest BCUT2D eigenvalue weighted by molar-refractivity contribution is 5.93. The van der Waals surface area contributed by atoms with Crippen molar-refractivity contribution in [3.8, 4) is 11.5 Å². The van der Waals surface area contributed by atoms with Gasteiger partial charge in [0.05, 0.1) is 52.5 Å². The second-order valence-corrected chi connectivity index (χ2v) is 12.7. The van der Waals surface area contributed by atoms with Crippen LogP contribution in [0.4, 0.5) is 0 Å². The SMILES string of the molecule is C=C(C)C(=O)OCCCCCCOC(=O)c1cc(OCCCCCCCC)ccc1OCCCCCCCCOC(=O)CCC(=O)OCCC. The summed E-state index contributed by atoms with van der Waals surface area (Å²) in [6.07, 6.45) is 16.7. The minimum atomic E-state index is -0.433. The molecule has 50 heavy (non-hydrogen) atoms. The zero-order valence-electron chi connectivity index (χ0n) is 31.2. The third-order valence-corrected chi connectivity index (χ3v) is 7.85. The summed E-state index contributed by atoms with van der Waals surface area (Å²) in [5.74, 6) is -0.425. The van der Waals surface area contributed by atoms with Gasteiger partial charge in [0, 0.05) is 5.57 Å². The zero-order valence-corrected chi connectivity index (χ0v) is 31.2. The van der Waals surface area contributed by atoms with Crippen LogP contribution in [0.3, 0.4) is 0 Å². The van der Waals surface area contributed by atoms with Crippen LogP contribution >= 0.6 is 0 Å². The lowest BCUT2D eigenvalue weighted by Crippen LogP contribution is -2.11. The fourth-order valence-electron chi connectivity index (χ4n) is 4.89. The molecule has 0 unspecified atom stereocenters. The Bertz CT molecular complexity index is 1100. The van der Waals surface area contributed by atoms with Crippen LogP contribution < -0.4 is 9.47 Å². The van der Waals surface area contributed by atoms with E-state index in [1.54, 1.807) is 19.1 Å². The Kier molecular flexibility index (Phi) is 26.9. The van der Waals surface area contributed by atoms with Crippen LogP contribution in [0.1, 0.15) is 153 Å². The van der Waals surface area contributed by atoms with Gasteiger partial charge >= 0.3 is 23.9 Å². The topological polar surface area (TPSA) is 124 Å². The highest BCUT2D eigenvalue weighted by atomic mass is 16.5. The first-order valence-corrected chi connectivity index (χ1v) is 19.0. The first-order valence-electron chi connectivity index (χ1n) is 19.0. The molecule has 1 rings (SSSR count). The van der Waals surface area contributed by atoms with Gasteiger partial charge in [0.15, 0.2) is 0 Å². The summed E-state index contributed by atoms with van der Waals surface area (Å²) < 4.78 is 32.9. The first kappa shape index (κ1) is 44.5. The molecule has 1 aromatic rings. The molecule has 10 heteroatoms. The normalized spacial score (nSPS) is 10.7. The van der Waals surface area contributed by atoms with E-state index in [2.05, 4.69) is 13.5 Å². The molecule has 284 valence electrons. The van der Waals surface area contributed by atoms with Crippen molar-refractivity contribution in [2.75, 3.05) is 39.6 Å². The Morgan fingerprint density at radius 2 is 1.02 bits per heavy atom. The molecule has 0 bridgehead atoms. The largest absolute Gasteiger partial charge is 0.494 e. The molecule has 0 aliphatic heterocycles. The van der Waals surface area contributed by atoms with E-state index >= 15 is 0 Å². The van der Waals surface area contributed by atoms with Gasteiger partial charge < -0.3 is 28.4 Å². The van der Waals surface area contributed by atoms with Crippen LogP contribution in [-0.2, 0) is 33.3 Å². The number of unbranched alkanes of at least 4 members (excludes halogenated alkanes) is 13. The van der Waals surface area contributed by atoms with Crippen LogP contribution in [-0.4, -0.2) is 63.5 Å². The van der Waals surface area contributed by atoms with E-state index in [4.69, 9.17) is 28.4 Å². The van der Waals surface area contributed by atoms with Gasteiger partial charge in [-0.05, 0) is 76.5 Å². The molecular formula is C40H64O10. The molecule has 0 heterocycles. The summed E-state index contributed by atoms with van der Waals surface area (Å²) in [4.78, 5) is 47.8. The van der Waals surface area contributed by atoms with E-state index in [0.717, 1.165) is 77.0 Å². The van der Waals surface area contributed by atoms with E-state index in [9.17, 15) is 19.2 Å². The van der Waals surface area contributed by atoms with Crippen molar-refractivity contribution < 1.29 is 47.6 Å². The van der Waals surface area contributed by atoms with Gasteiger partial charge in [-0.3, -0.25) is 9.59 Å². The lowest BCUT2D eigenvalue weighted by molar-refractivity contribution is -0.150. The number of esters is 4. The van der Waals surface area contributed by atoms with E-state index in [-0.39, 0.29) is 30.7 Å². The molecule has 10 nitrogen and oxygen atoms in total. The summed E-state index contributed by atoms with van der Waals surface area (Å²) >= 11 is 0. The Hall–Kier alpha value is -3.56. The van der Waals surface area contributed by atoms with Crippen molar-refractivity contribution in [3.63, 3.8) is 0 Å². The minimum absolute atomic E-state index is 0.0503. The van der Waals surface area contributed by atoms with Crippen LogP contribution in [0.15, 0.2) is 30.4 Å². The average molecular weight is 705 g/mol. The Morgan fingerprint density at radius 3 is 1.58 bits per heavy atom. The van der Waals surface area contributed by atoms with Gasteiger partial charge in [-0.2, -0.15) is 0 Å². The van der Waals surface area contributed by atoms with Crippen LogP contribution in [0.25, 0.3) is 0 Å². The van der Waals surface area contributed by atoms with Gasteiger partial charge in [-0.15, -0.1) is 0 Å². The van der Waals surface area contributed by atoms with Gasteiger partial charge in [-0.25, -0.2) is 9.59 Å². The minimum Gasteiger partial charge on any atom is -0.494 e. The van der Waals surface area contributed by atoms with E-state index in [0.29, 0.717) is 68.7 Å². The maximum absolute atomic E-state index is 13.1. The molecule has 0 radical (unpaired) electrons. The zero-order chi connectivity index (χ0) is 36.7. The van der Waals surface area contributed by atoms with E-state index in [1.807, 2.05) is 13.0 Å². The maximum atomic E-state index is 13.1. The Balaban J connectivity index is 2.41. The number of carbonyl (C=O) groups is 4. The van der Waals surface area contributed by atoms with Crippen molar-refractivity contribution in [3.05, 3.63) is 35.9 Å². The average Bonchev–Trinajstić information content (AvgIpc) is 3.11. The second kappa shape index (κ2) is 30.3. The summed E-state index contributed by atoms with van der Waals surface area (Å²) in [6.45, 7) is 11.8. The third-order valence-electron chi connectivity index (χ3n) is 7.85. The molecule has 0 aliphatic rings. The molecule has 0 amide bonds. The number of hydrogen-bond acceptors (Lipinski definition) is 10. The Labute approximate surface area is 300 Å². The molecule has 0 saturated heterocycles. The maximum Gasteiger partial charge on any atom is 0.342 e. The van der Waals surface area contributed by atoms with Crippen molar-refractivity contribution in [1.82, 2.24) is 0 Å². The summed E-state index contributed by atoms with van der Waals surface area (Å²) in [5, 5.41) is 0. The summed E-state index contributed by atoms with van der Waals surface area (Å²) in [7, 11) is 0. The summed E-state index contributed by atoms with van der Waals surface area (Å²) in [5.41, 5.74) is 0.757. The van der Waals surface area contributed by atoms with Crippen LogP contribution in [0.2, 0.25) is 0 Å². The molecular weight excluding hydrogens is 640 g/mol. The van der Waals surface area contributed by atoms with Crippen molar-refractivity contribution >= 4 is 23.9 Å². The van der Waals surface area contributed by atoms with Crippen LogP contribution in [0, 0.1) is 0 Å². The Morgan fingerprint density at radius 1 is 0.540 bits per heavy atom. The number of rotatable bonds is 32. The van der Waals surface area contributed by atoms with Crippen molar-refractivity contribution in [2.24, 2.45) is 0 Å². The smallest absolute Gasteiger partial charge is 0.342 e. The summed E-state index contributed by atoms with van der Waals surface area (Å²) in [6, 6.07) is 5.35. The lowest BCUT2D eigenvalue weighted by atomic mass is 10.1. The molecule has 0 aliphatic carbocycles. The first-order chi connectivity index (χ1) is 24.3. The predicted molar refractivity (Wildman–Crippen MR) is 194 cm³/mol. The highest BCUT2D eigenvalue weighted by Gasteiger charge is 2.16. The van der Waals surface area contributed by atoms with E-state index < -0.39 is 5.97 Å². The molecule has 0 N–H and O–H groups in total. The van der Waals surface area contributed by atoms with Gasteiger partial charge in [0.2, 0.25) is 0 Å². The molecule has 0 fully saturated rings. The van der Waals surface area contributed by atoms with Crippen molar-refractivity contribution in [2.45, 2.75) is 143 Å². The van der Waals surface area contributed by atoms with Gasteiger partial charge in [-0.1, -0.05) is 78.2 Å². The second-order valence-electron chi connectivity index (χ2n) is 12.7. The fraction of sp³-hybridized carbons (Fsp3) is 0.700. The quantitative estimate of drug-likeness (QED) is 0.0310. The molecule has 0 saturated carbocycles. The molecule has 0 atom stereocenters. The lowest BCUT2D eigenvalue weighted by Gasteiger charge is -2.14. The van der Waals surface area contributed by atoms with Crippen molar-refractivity contribution in [1.29, 1.82) is 0 Å². The molecule has 0 spiro atoms. The number of carbonyl (C=O) groups excluding carboxylic acids is 4. The number of hydrogen-bond donors (Lipinski definition) is 0.